The molecule has 0 spiro atoms. The molecule has 0 radical (unpaired) electrons. The molecule has 1 fully saturated rings. The van der Waals surface area contributed by atoms with Gasteiger partial charge in [0.2, 0.25) is 5.91 Å². The van der Waals surface area contributed by atoms with Crippen molar-refractivity contribution < 1.29 is 4.79 Å². The SMILES string of the molecule is C#CCN1CCCC[C@@H]1C(=O)N[C@@H]1CCSc2ccc(C)cc21. The zero-order valence-electron chi connectivity index (χ0n) is 13.7. The minimum absolute atomic E-state index is 0.0670. The lowest BCUT2D eigenvalue weighted by atomic mass is 9.98. The van der Waals surface area contributed by atoms with Gasteiger partial charge in [-0.2, -0.15) is 0 Å². The van der Waals surface area contributed by atoms with Gasteiger partial charge < -0.3 is 5.32 Å². The van der Waals surface area contributed by atoms with Gasteiger partial charge in [0, 0.05) is 10.6 Å². The molecule has 1 N–H and O–H groups in total. The van der Waals surface area contributed by atoms with E-state index in [9.17, 15) is 4.79 Å². The average Bonchev–Trinajstić information content (AvgIpc) is 2.56. The second-order valence-corrected chi connectivity index (χ2v) is 7.56. The molecule has 0 aromatic heterocycles. The van der Waals surface area contributed by atoms with E-state index < -0.39 is 0 Å². The summed E-state index contributed by atoms with van der Waals surface area (Å²) in [6, 6.07) is 6.60. The van der Waals surface area contributed by atoms with Crippen molar-refractivity contribution in [2.75, 3.05) is 18.8 Å². The summed E-state index contributed by atoms with van der Waals surface area (Å²) in [5, 5.41) is 3.30. The van der Waals surface area contributed by atoms with Gasteiger partial charge >= 0.3 is 0 Å². The molecule has 1 saturated heterocycles. The number of terminal acetylenes is 1. The first-order chi connectivity index (χ1) is 11.2. The summed E-state index contributed by atoms with van der Waals surface area (Å²) in [5.74, 6) is 3.89. The predicted molar refractivity (Wildman–Crippen MR) is 95.4 cm³/mol. The smallest absolute Gasteiger partial charge is 0.237 e. The number of amides is 1. The Morgan fingerprint density at radius 3 is 3.13 bits per heavy atom. The Bertz CT molecular complexity index is 622. The van der Waals surface area contributed by atoms with Crippen molar-refractivity contribution in [1.29, 1.82) is 0 Å². The van der Waals surface area contributed by atoms with E-state index in [1.54, 1.807) is 0 Å². The quantitative estimate of drug-likeness (QED) is 0.865. The summed E-state index contributed by atoms with van der Waals surface area (Å²) >= 11 is 1.88. The molecule has 2 aliphatic heterocycles. The average molecular weight is 328 g/mol. The summed E-state index contributed by atoms with van der Waals surface area (Å²) in [6.07, 6.45) is 9.61. The van der Waals surface area contributed by atoms with Gasteiger partial charge in [-0.15, -0.1) is 18.2 Å². The number of carbonyl (C=O) groups excluding carboxylic acids is 1. The maximum atomic E-state index is 12.8. The highest BCUT2D eigenvalue weighted by Crippen LogP contribution is 2.36. The van der Waals surface area contributed by atoms with Crippen molar-refractivity contribution in [3.63, 3.8) is 0 Å². The van der Waals surface area contributed by atoms with Gasteiger partial charge in [0.05, 0.1) is 18.6 Å². The van der Waals surface area contributed by atoms with Crippen LogP contribution < -0.4 is 5.32 Å². The van der Waals surface area contributed by atoms with Gasteiger partial charge in [0.1, 0.15) is 0 Å². The van der Waals surface area contributed by atoms with Crippen LogP contribution in [-0.2, 0) is 4.79 Å². The van der Waals surface area contributed by atoms with Crippen LogP contribution in [0.2, 0.25) is 0 Å². The first-order valence-electron chi connectivity index (χ1n) is 8.40. The Hall–Kier alpha value is -1.44. The third kappa shape index (κ3) is 3.73. The molecule has 2 heterocycles. The molecular formula is C19H24N2OS. The van der Waals surface area contributed by atoms with E-state index in [0.29, 0.717) is 6.54 Å². The maximum absolute atomic E-state index is 12.8. The number of aryl methyl sites for hydroxylation is 1. The summed E-state index contributed by atoms with van der Waals surface area (Å²) in [7, 11) is 0. The van der Waals surface area contributed by atoms with E-state index in [2.05, 4.69) is 41.3 Å². The standard InChI is InChI=1S/C19H24N2OS/c1-3-10-21-11-5-4-6-17(21)19(22)20-16-9-12-23-18-8-7-14(2)13-15(16)18/h1,7-8,13,16-17H,4-6,9-12H2,2H3,(H,20,22)/t16-,17-/m1/s1. The molecule has 3 rings (SSSR count). The third-order valence-corrected chi connectivity index (χ3v) is 5.85. The van der Waals surface area contributed by atoms with E-state index in [0.717, 1.165) is 38.0 Å². The number of piperidine rings is 1. The third-order valence-electron chi connectivity index (χ3n) is 4.73. The van der Waals surface area contributed by atoms with Gasteiger partial charge in [-0.3, -0.25) is 9.69 Å². The number of benzene rings is 1. The monoisotopic (exact) mass is 328 g/mol. The fraction of sp³-hybridized carbons (Fsp3) is 0.526. The number of hydrogen-bond donors (Lipinski definition) is 1. The van der Waals surface area contributed by atoms with Crippen LogP contribution in [0.4, 0.5) is 0 Å². The molecule has 2 atom stereocenters. The van der Waals surface area contributed by atoms with Crippen molar-refractivity contribution in [2.24, 2.45) is 0 Å². The Morgan fingerprint density at radius 2 is 2.30 bits per heavy atom. The first-order valence-corrected chi connectivity index (χ1v) is 9.39. The highest BCUT2D eigenvalue weighted by Gasteiger charge is 2.31. The largest absolute Gasteiger partial charge is 0.348 e. The van der Waals surface area contributed by atoms with Gasteiger partial charge in [-0.05, 0) is 44.4 Å². The number of nitrogens with zero attached hydrogens (tertiary/aromatic N) is 1. The molecule has 1 aromatic rings. The van der Waals surface area contributed by atoms with Crippen LogP contribution in [-0.4, -0.2) is 35.7 Å². The molecule has 0 unspecified atom stereocenters. The number of thioether (sulfide) groups is 1. The number of rotatable bonds is 3. The van der Waals surface area contributed by atoms with Crippen LogP contribution in [0.3, 0.4) is 0 Å². The second kappa shape index (κ2) is 7.42. The number of carbonyl (C=O) groups is 1. The van der Waals surface area contributed by atoms with Crippen LogP contribution in [0.25, 0.3) is 0 Å². The minimum Gasteiger partial charge on any atom is -0.348 e. The van der Waals surface area contributed by atoms with Crippen LogP contribution in [0.15, 0.2) is 23.1 Å². The molecule has 1 amide bonds. The Morgan fingerprint density at radius 1 is 1.43 bits per heavy atom. The number of likely N-dealkylation sites (tertiary alicyclic amines) is 1. The van der Waals surface area contributed by atoms with Crippen molar-refractivity contribution >= 4 is 17.7 Å². The molecule has 23 heavy (non-hydrogen) atoms. The molecule has 1 aromatic carbocycles. The topological polar surface area (TPSA) is 32.3 Å². The Balaban J connectivity index is 1.73. The summed E-state index contributed by atoms with van der Waals surface area (Å²) in [5.41, 5.74) is 2.52. The predicted octanol–water partition coefficient (Wildman–Crippen LogP) is 3.14. The maximum Gasteiger partial charge on any atom is 0.237 e. The van der Waals surface area contributed by atoms with Crippen LogP contribution in [0, 0.1) is 19.3 Å². The summed E-state index contributed by atoms with van der Waals surface area (Å²) < 4.78 is 0. The van der Waals surface area contributed by atoms with Crippen molar-refractivity contribution in [3.8, 4) is 12.3 Å². The molecule has 0 saturated carbocycles. The minimum atomic E-state index is -0.0670. The fourth-order valence-corrected chi connectivity index (χ4v) is 4.63. The molecule has 2 aliphatic rings. The normalized spacial score (nSPS) is 24.5. The van der Waals surface area contributed by atoms with E-state index in [-0.39, 0.29) is 18.0 Å². The van der Waals surface area contributed by atoms with Gasteiger partial charge in [0.15, 0.2) is 0 Å². The zero-order valence-corrected chi connectivity index (χ0v) is 14.5. The molecular weight excluding hydrogens is 304 g/mol. The molecule has 0 aliphatic carbocycles. The Kier molecular flexibility index (Phi) is 5.30. The van der Waals surface area contributed by atoms with Gasteiger partial charge in [-0.1, -0.05) is 30.0 Å². The highest BCUT2D eigenvalue weighted by molar-refractivity contribution is 7.99. The zero-order chi connectivity index (χ0) is 16.2. The molecule has 0 bridgehead atoms. The van der Waals surface area contributed by atoms with Crippen LogP contribution in [0.5, 0.6) is 0 Å². The fourth-order valence-electron chi connectivity index (χ4n) is 3.53. The lowest BCUT2D eigenvalue weighted by Gasteiger charge is -2.35. The van der Waals surface area contributed by atoms with Gasteiger partial charge in [0.25, 0.3) is 0 Å². The number of fused-ring (bicyclic) bond motifs is 1. The number of nitrogens with one attached hydrogen (secondary N) is 1. The van der Waals surface area contributed by atoms with E-state index in [1.165, 1.54) is 16.0 Å². The van der Waals surface area contributed by atoms with Crippen molar-refractivity contribution in [3.05, 3.63) is 29.3 Å². The van der Waals surface area contributed by atoms with Crippen molar-refractivity contribution in [1.82, 2.24) is 10.2 Å². The van der Waals surface area contributed by atoms with E-state index >= 15 is 0 Å². The summed E-state index contributed by atoms with van der Waals surface area (Å²) in [4.78, 5) is 16.3. The van der Waals surface area contributed by atoms with E-state index in [4.69, 9.17) is 6.42 Å². The van der Waals surface area contributed by atoms with Crippen LogP contribution in [0.1, 0.15) is 42.9 Å². The van der Waals surface area contributed by atoms with Gasteiger partial charge in [-0.25, -0.2) is 0 Å². The first kappa shape index (κ1) is 16.4. The van der Waals surface area contributed by atoms with Crippen molar-refractivity contribution in [2.45, 2.75) is 49.6 Å². The van der Waals surface area contributed by atoms with E-state index in [1.807, 2.05) is 11.8 Å². The summed E-state index contributed by atoms with van der Waals surface area (Å²) in [6.45, 7) is 3.60. The highest BCUT2D eigenvalue weighted by atomic mass is 32.2. The van der Waals surface area contributed by atoms with Crippen LogP contribution >= 0.6 is 11.8 Å². The molecule has 4 heteroatoms. The number of hydrogen-bond acceptors (Lipinski definition) is 3. The lowest BCUT2D eigenvalue weighted by molar-refractivity contribution is -0.128. The molecule has 3 nitrogen and oxygen atoms in total. The second-order valence-electron chi connectivity index (χ2n) is 6.43. The Labute approximate surface area is 143 Å². The lowest BCUT2D eigenvalue weighted by Crippen LogP contribution is -2.50. The molecule has 122 valence electrons.